The van der Waals surface area contributed by atoms with E-state index in [0.717, 1.165) is 24.9 Å². The zero-order valence-corrected chi connectivity index (χ0v) is 13.0. The zero-order chi connectivity index (χ0) is 15.8. The van der Waals surface area contributed by atoms with Crippen LogP contribution in [0.25, 0.3) is 0 Å². The third kappa shape index (κ3) is 5.95. The van der Waals surface area contributed by atoms with Gasteiger partial charge < -0.3 is 15.3 Å². The van der Waals surface area contributed by atoms with Crippen LogP contribution in [0.5, 0.6) is 0 Å². The number of anilines is 1. The third-order valence-corrected chi connectivity index (χ3v) is 3.37. The fourth-order valence-electron chi connectivity index (χ4n) is 1.93. The molecule has 0 aliphatic heterocycles. The zero-order valence-electron chi connectivity index (χ0n) is 13.0. The molecule has 21 heavy (non-hydrogen) atoms. The summed E-state index contributed by atoms with van der Waals surface area (Å²) < 4.78 is 0. The summed E-state index contributed by atoms with van der Waals surface area (Å²) in [6, 6.07) is 4.73. The summed E-state index contributed by atoms with van der Waals surface area (Å²) in [5, 5.41) is 11.8. The van der Waals surface area contributed by atoms with E-state index in [-0.39, 0.29) is 11.5 Å². The number of carbonyl (C=O) groups excluding carboxylic acids is 1. The number of nitrogens with one attached hydrogen (secondary N) is 1. The molecule has 2 N–H and O–H groups in total. The fourth-order valence-corrected chi connectivity index (χ4v) is 1.93. The fraction of sp³-hybridized carbons (Fsp3) is 0.500. The molecule has 0 atom stereocenters. The van der Waals surface area contributed by atoms with E-state index in [1.165, 1.54) is 12.1 Å². The van der Waals surface area contributed by atoms with Crippen LogP contribution in [-0.4, -0.2) is 42.0 Å². The van der Waals surface area contributed by atoms with Crippen molar-refractivity contribution in [1.29, 1.82) is 0 Å². The Kier molecular flexibility index (Phi) is 6.88. The number of nitrogens with zero attached hydrogens (tertiary/aromatic N) is 1. The molecule has 0 fully saturated rings. The predicted molar refractivity (Wildman–Crippen MR) is 83.8 cm³/mol. The number of aromatic carboxylic acids is 1. The minimum absolute atomic E-state index is 0.0935. The molecule has 116 valence electrons. The molecular formula is C16H24N2O3. The second kappa shape index (κ2) is 8.42. The van der Waals surface area contributed by atoms with Gasteiger partial charge >= 0.3 is 5.97 Å². The van der Waals surface area contributed by atoms with Gasteiger partial charge in [0.15, 0.2) is 0 Å². The number of hydrogen-bond acceptors (Lipinski definition) is 3. The Balaban J connectivity index is 2.54. The van der Waals surface area contributed by atoms with E-state index in [1.807, 2.05) is 14.0 Å². The SMILES string of the molecule is CCCCN(C)CCC(=O)Nc1cc(C(=O)O)ccc1C. The first kappa shape index (κ1) is 17.2. The molecular weight excluding hydrogens is 268 g/mol. The van der Waals surface area contributed by atoms with Crippen LogP contribution in [0.3, 0.4) is 0 Å². The molecule has 1 rings (SSSR count). The molecule has 1 aromatic rings. The van der Waals surface area contributed by atoms with Crippen molar-refractivity contribution in [2.45, 2.75) is 33.1 Å². The van der Waals surface area contributed by atoms with Crippen LogP contribution in [-0.2, 0) is 4.79 Å². The molecule has 0 aliphatic carbocycles. The molecule has 1 amide bonds. The van der Waals surface area contributed by atoms with E-state index in [2.05, 4.69) is 17.1 Å². The van der Waals surface area contributed by atoms with Gasteiger partial charge in [0.2, 0.25) is 5.91 Å². The lowest BCUT2D eigenvalue weighted by Crippen LogP contribution is -2.25. The summed E-state index contributed by atoms with van der Waals surface area (Å²) in [6.07, 6.45) is 2.66. The quantitative estimate of drug-likeness (QED) is 0.773. The second-order valence-corrected chi connectivity index (χ2v) is 5.29. The number of carbonyl (C=O) groups is 2. The summed E-state index contributed by atoms with van der Waals surface area (Å²) in [5.74, 6) is -1.09. The number of benzene rings is 1. The molecule has 5 heteroatoms. The topological polar surface area (TPSA) is 69.6 Å². The van der Waals surface area contributed by atoms with Crippen molar-refractivity contribution in [2.75, 3.05) is 25.5 Å². The number of carboxylic acids is 1. The number of aryl methyl sites for hydroxylation is 1. The van der Waals surface area contributed by atoms with Crippen molar-refractivity contribution < 1.29 is 14.7 Å². The Hall–Kier alpha value is -1.88. The molecule has 0 saturated carbocycles. The Labute approximate surface area is 126 Å². The van der Waals surface area contributed by atoms with E-state index in [0.29, 0.717) is 18.7 Å². The van der Waals surface area contributed by atoms with Gasteiger partial charge in [0.05, 0.1) is 5.56 Å². The summed E-state index contributed by atoms with van der Waals surface area (Å²) in [6.45, 7) is 5.66. The van der Waals surface area contributed by atoms with Crippen LogP contribution >= 0.6 is 0 Å². The van der Waals surface area contributed by atoms with E-state index in [4.69, 9.17) is 5.11 Å². The van der Waals surface area contributed by atoms with Crippen molar-refractivity contribution in [3.63, 3.8) is 0 Å². The van der Waals surface area contributed by atoms with Crippen molar-refractivity contribution in [2.24, 2.45) is 0 Å². The highest BCUT2D eigenvalue weighted by Gasteiger charge is 2.09. The van der Waals surface area contributed by atoms with Crippen molar-refractivity contribution in [3.05, 3.63) is 29.3 Å². The first-order valence-electron chi connectivity index (χ1n) is 7.26. The van der Waals surface area contributed by atoms with E-state index in [9.17, 15) is 9.59 Å². The molecule has 5 nitrogen and oxygen atoms in total. The summed E-state index contributed by atoms with van der Waals surface area (Å²) >= 11 is 0. The largest absolute Gasteiger partial charge is 0.478 e. The Bertz CT molecular complexity index is 500. The van der Waals surface area contributed by atoms with Gasteiger partial charge in [0.25, 0.3) is 0 Å². The minimum Gasteiger partial charge on any atom is -0.478 e. The number of rotatable bonds is 8. The second-order valence-electron chi connectivity index (χ2n) is 5.29. The predicted octanol–water partition coefficient (Wildman–Crippen LogP) is 2.75. The summed E-state index contributed by atoms with van der Waals surface area (Å²) in [7, 11) is 2.00. The minimum atomic E-state index is -0.996. The average Bonchev–Trinajstić information content (AvgIpc) is 2.45. The van der Waals surface area contributed by atoms with Crippen molar-refractivity contribution in [1.82, 2.24) is 4.90 Å². The Morgan fingerprint density at radius 3 is 2.62 bits per heavy atom. The molecule has 1 aromatic carbocycles. The van der Waals surface area contributed by atoms with E-state index < -0.39 is 5.97 Å². The van der Waals surface area contributed by atoms with E-state index >= 15 is 0 Å². The van der Waals surface area contributed by atoms with Crippen LogP contribution in [0.1, 0.15) is 42.1 Å². The van der Waals surface area contributed by atoms with E-state index in [1.54, 1.807) is 6.07 Å². The van der Waals surface area contributed by atoms with Gasteiger partial charge in [-0.05, 0) is 44.6 Å². The lowest BCUT2D eigenvalue weighted by Gasteiger charge is -2.16. The van der Waals surface area contributed by atoms with Crippen LogP contribution in [0.2, 0.25) is 0 Å². The van der Waals surface area contributed by atoms with Gasteiger partial charge in [-0.2, -0.15) is 0 Å². The first-order valence-corrected chi connectivity index (χ1v) is 7.26. The standard InChI is InChI=1S/C16H24N2O3/c1-4-5-9-18(3)10-8-15(19)17-14-11-13(16(20)21)7-6-12(14)2/h6-7,11H,4-5,8-10H2,1-3H3,(H,17,19)(H,20,21). The average molecular weight is 292 g/mol. The number of hydrogen-bond donors (Lipinski definition) is 2. The smallest absolute Gasteiger partial charge is 0.335 e. The first-order chi connectivity index (χ1) is 9.93. The number of unbranched alkanes of at least 4 members (excludes halogenated alkanes) is 1. The highest BCUT2D eigenvalue weighted by Crippen LogP contribution is 2.17. The van der Waals surface area contributed by atoms with Gasteiger partial charge in [0.1, 0.15) is 0 Å². The number of carboxylic acid groups (broad SMARTS) is 1. The summed E-state index contributed by atoms with van der Waals surface area (Å²) in [5.41, 5.74) is 1.60. The lowest BCUT2D eigenvalue weighted by atomic mass is 10.1. The third-order valence-electron chi connectivity index (χ3n) is 3.37. The van der Waals surface area contributed by atoms with Gasteiger partial charge in [-0.1, -0.05) is 19.4 Å². The highest BCUT2D eigenvalue weighted by molar-refractivity contribution is 5.94. The Morgan fingerprint density at radius 1 is 1.29 bits per heavy atom. The van der Waals surface area contributed by atoms with Crippen molar-refractivity contribution in [3.8, 4) is 0 Å². The molecule has 0 aromatic heterocycles. The maximum absolute atomic E-state index is 11.9. The van der Waals surface area contributed by atoms with Crippen LogP contribution < -0.4 is 5.32 Å². The van der Waals surface area contributed by atoms with Gasteiger partial charge in [0, 0.05) is 18.7 Å². The molecule has 0 radical (unpaired) electrons. The molecule has 0 heterocycles. The van der Waals surface area contributed by atoms with Crippen LogP contribution in [0.4, 0.5) is 5.69 Å². The van der Waals surface area contributed by atoms with Gasteiger partial charge in [-0.25, -0.2) is 4.79 Å². The van der Waals surface area contributed by atoms with Gasteiger partial charge in [-0.3, -0.25) is 4.79 Å². The number of amides is 1. The monoisotopic (exact) mass is 292 g/mol. The molecule has 0 aliphatic rings. The highest BCUT2D eigenvalue weighted by atomic mass is 16.4. The molecule has 0 spiro atoms. The van der Waals surface area contributed by atoms with Crippen LogP contribution in [0, 0.1) is 6.92 Å². The molecule has 0 bridgehead atoms. The normalized spacial score (nSPS) is 10.7. The maximum atomic E-state index is 11.9. The lowest BCUT2D eigenvalue weighted by molar-refractivity contribution is -0.116. The van der Waals surface area contributed by atoms with Gasteiger partial charge in [-0.15, -0.1) is 0 Å². The Morgan fingerprint density at radius 2 is 2.00 bits per heavy atom. The van der Waals surface area contributed by atoms with Crippen molar-refractivity contribution >= 4 is 17.6 Å². The maximum Gasteiger partial charge on any atom is 0.335 e. The molecule has 0 saturated heterocycles. The summed E-state index contributed by atoms with van der Waals surface area (Å²) in [4.78, 5) is 25.0. The molecule has 0 unspecified atom stereocenters. The van der Waals surface area contributed by atoms with Crippen LogP contribution in [0.15, 0.2) is 18.2 Å².